The average Bonchev–Trinajstić information content (AvgIpc) is 2.77. The fraction of sp³-hybridized carbons (Fsp3) is 0.250. The molecule has 0 atom stereocenters. The molecule has 0 aliphatic carbocycles. The number of hydrogen-bond acceptors (Lipinski definition) is 8. The Morgan fingerprint density at radius 2 is 1.62 bits per heavy atom. The number of hydrogen-bond donors (Lipinski definition) is 0. The topological polar surface area (TPSA) is 96.8 Å². The molecule has 1 heterocycles. The lowest BCUT2D eigenvalue weighted by Gasteiger charge is -2.18. The molecule has 0 aliphatic heterocycles. The number of aromatic nitrogens is 2. The van der Waals surface area contributed by atoms with Gasteiger partial charge in [0.1, 0.15) is 23.7 Å². The van der Waals surface area contributed by atoms with Crippen LogP contribution in [0, 0.1) is 0 Å². The van der Waals surface area contributed by atoms with Gasteiger partial charge in [0.05, 0.1) is 25.1 Å². The highest BCUT2D eigenvalue weighted by atomic mass is 16.6. The molecule has 0 fully saturated rings. The summed E-state index contributed by atoms with van der Waals surface area (Å²) in [7, 11) is 1.29. The van der Waals surface area contributed by atoms with Crippen LogP contribution in [0.4, 0.5) is 0 Å². The van der Waals surface area contributed by atoms with Crippen LogP contribution >= 0.6 is 0 Å². The number of benzene rings is 2. The summed E-state index contributed by atoms with van der Waals surface area (Å²) in [6.07, 6.45) is 2.56. The van der Waals surface area contributed by atoms with Crippen LogP contribution < -0.4 is 9.47 Å². The third kappa shape index (κ3) is 6.53. The number of carbonyl (C=O) groups is 2. The summed E-state index contributed by atoms with van der Waals surface area (Å²) in [4.78, 5) is 32.3. The van der Waals surface area contributed by atoms with Gasteiger partial charge in [-0.1, -0.05) is 30.3 Å². The van der Waals surface area contributed by atoms with Gasteiger partial charge in [-0.15, -0.1) is 0 Å². The van der Waals surface area contributed by atoms with Crippen LogP contribution in [0.25, 0.3) is 0 Å². The van der Waals surface area contributed by atoms with E-state index in [1.54, 1.807) is 32.9 Å². The molecule has 0 bridgehead atoms. The second-order valence-electron chi connectivity index (χ2n) is 7.80. The van der Waals surface area contributed by atoms with Crippen molar-refractivity contribution in [1.82, 2.24) is 9.97 Å². The number of nitrogens with zero attached hydrogens (tertiary/aromatic N) is 2. The lowest BCUT2D eigenvalue weighted by Crippen LogP contribution is -2.24. The van der Waals surface area contributed by atoms with Crippen molar-refractivity contribution < 1.29 is 28.5 Å². The third-order valence-electron chi connectivity index (χ3n) is 4.01. The molecule has 0 amide bonds. The molecule has 2 aromatic carbocycles. The predicted octanol–water partition coefficient (Wildman–Crippen LogP) is 4.59. The number of rotatable bonds is 7. The maximum atomic E-state index is 12.1. The van der Waals surface area contributed by atoms with E-state index in [0.29, 0.717) is 18.1 Å². The van der Waals surface area contributed by atoms with Crippen molar-refractivity contribution in [2.24, 2.45) is 0 Å². The highest BCUT2D eigenvalue weighted by molar-refractivity contribution is 5.90. The molecule has 0 saturated carbocycles. The van der Waals surface area contributed by atoms with Gasteiger partial charge in [-0.3, -0.25) is 0 Å². The Morgan fingerprint density at radius 1 is 0.906 bits per heavy atom. The molecule has 166 valence electrons. The van der Waals surface area contributed by atoms with E-state index in [1.165, 1.54) is 25.6 Å². The van der Waals surface area contributed by atoms with E-state index >= 15 is 0 Å². The molecule has 8 nitrogen and oxygen atoms in total. The first-order chi connectivity index (χ1) is 15.2. The normalized spacial score (nSPS) is 10.9. The van der Waals surface area contributed by atoms with Crippen molar-refractivity contribution in [3.05, 3.63) is 77.7 Å². The molecular weight excluding hydrogens is 412 g/mol. The van der Waals surface area contributed by atoms with E-state index in [9.17, 15) is 9.59 Å². The fourth-order valence-corrected chi connectivity index (χ4v) is 2.62. The zero-order chi connectivity index (χ0) is 23.1. The molecule has 0 spiro atoms. The molecule has 0 aliphatic rings. The van der Waals surface area contributed by atoms with E-state index in [2.05, 4.69) is 9.97 Å². The van der Waals surface area contributed by atoms with Gasteiger partial charge in [-0.2, -0.15) is 0 Å². The van der Waals surface area contributed by atoms with Crippen molar-refractivity contribution in [3.63, 3.8) is 0 Å². The standard InChI is InChI=1S/C24H24N2O6/c1-24(2,3)32-23(28)20-13-26-21(14-25-20)31-19-11-17(22(27)29-4)10-18(12-19)30-15-16-8-6-5-7-9-16/h5-14H,15H2,1-4H3. The summed E-state index contributed by atoms with van der Waals surface area (Å²) in [6, 6.07) is 14.3. The van der Waals surface area contributed by atoms with E-state index in [4.69, 9.17) is 18.9 Å². The Balaban J connectivity index is 1.77. The Morgan fingerprint density at radius 3 is 2.25 bits per heavy atom. The van der Waals surface area contributed by atoms with Crippen LogP contribution in [-0.4, -0.2) is 34.6 Å². The Bertz CT molecular complexity index is 1080. The maximum absolute atomic E-state index is 12.1. The summed E-state index contributed by atoms with van der Waals surface area (Å²) in [5.74, 6) is -0.263. The van der Waals surface area contributed by atoms with E-state index in [0.717, 1.165) is 5.56 Å². The largest absolute Gasteiger partial charge is 0.489 e. The van der Waals surface area contributed by atoms with E-state index in [1.807, 2.05) is 30.3 Å². The first kappa shape index (κ1) is 22.7. The second-order valence-corrected chi connectivity index (χ2v) is 7.80. The van der Waals surface area contributed by atoms with Crippen LogP contribution in [-0.2, 0) is 16.1 Å². The Kier molecular flexibility index (Phi) is 7.04. The smallest absolute Gasteiger partial charge is 0.359 e. The van der Waals surface area contributed by atoms with Gasteiger partial charge in [-0.25, -0.2) is 19.6 Å². The van der Waals surface area contributed by atoms with Crippen LogP contribution in [0.2, 0.25) is 0 Å². The Hall–Kier alpha value is -3.94. The molecule has 3 aromatic rings. The van der Waals surface area contributed by atoms with Crippen molar-refractivity contribution in [2.75, 3.05) is 7.11 Å². The van der Waals surface area contributed by atoms with E-state index in [-0.39, 0.29) is 17.1 Å². The zero-order valence-electron chi connectivity index (χ0n) is 18.3. The quantitative estimate of drug-likeness (QED) is 0.496. The minimum atomic E-state index is -0.640. The monoisotopic (exact) mass is 436 g/mol. The van der Waals surface area contributed by atoms with Gasteiger partial charge in [0, 0.05) is 6.07 Å². The van der Waals surface area contributed by atoms with Crippen molar-refractivity contribution in [2.45, 2.75) is 33.0 Å². The third-order valence-corrected chi connectivity index (χ3v) is 4.01. The minimum Gasteiger partial charge on any atom is -0.489 e. The number of esters is 2. The molecular formula is C24H24N2O6. The molecule has 8 heteroatoms. The predicted molar refractivity (Wildman–Crippen MR) is 116 cm³/mol. The van der Waals surface area contributed by atoms with Crippen LogP contribution in [0.5, 0.6) is 17.4 Å². The fourth-order valence-electron chi connectivity index (χ4n) is 2.62. The highest BCUT2D eigenvalue weighted by Gasteiger charge is 2.19. The van der Waals surface area contributed by atoms with Crippen LogP contribution in [0.15, 0.2) is 60.9 Å². The number of methoxy groups -OCH3 is 1. The SMILES string of the molecule is COC(=O)c1cc(OCc2ccccc2)cc(Oc2cnc(C(=O)OC(C)(C)C)cn2)c1. The summed E-state index contributed by atoms with van der Waals surface area (Å²) in [6.45, 7) is 5.61. The van der Waals surface area contributed by atoms with Gasteiger partial charge in [0.2, 0.25) is 5.88 Å². The molecule has 32 heavy (non-hydrogen) atoms. The first-order valence-electron chi connectivity index (χ1n) is 9.87. The zero-order valence-corrected chi connectivity index (χ0v) is 18.3. The first-order valence-corrected chi connectivity index (χ1v) is 9.87. The van der Waals surface area contributed by atoms with Gasteiger partial charge in [0.25, 0.3) is 0 Å². The lowest BCUT2D eigenvalue weighted by atomic mass is 10.2. The van der Waals surface area contributed by atoms with Crippen molar-refractivity contribution in [1.29, 1.82) is 0 Å². The molecule has 0 radical (unpaired) electrons. The molecule has 0 N–H and O–H groups in total. The molecule has 3 rings (SSSR count). The number of carbonyl (C=O) groups excluding carboxylic acids is 2. The van der Waals surface area contributed by atoms with Gasteiger partial charge >= 0.3 is 11.9 Å². The summed E-state index contributed by atoms with van der Waals surface area (Å²) >= 11 is 0. The average molecular weight is 436 g/mol. The van der Waals surface area contributed by atoms with Crippen molar-refractivity contribution >= 4 is 11.9 Å². The van der Waals surface area contributed by atoms with Gasteiger partial charge < -0.3 is 18.9 Å². The van der Waals surface area contributed by atoms with Gasteiger partial charge in [-0.05, 0) is 38.5 Å². The maximum Gasteiger partial charge on any atom is 0.359 e. The highest BCUT2D eigenvalue weighted by Crippen LogP contribution is 2.27. The summed E-state index contributed by atoms with van der Waals surface area (Å²) in [5, 5.41) is 0. The number of ether oxygens (including phenoxy) is 4. The summed E-state index contributed by atoms with van der Waals surface area (Å²) < 4.78 is 21.6. The Labute approximate surface area is 186 Å². The minimum absolute atomic E-state index is 0.0578. The van der Waals surface area contributed by atoms with Gasteiger partial charge in [0.15, 0.2) is 5.69 Å². The molecule has 1 aromatic heterocycles. The molecule has 0 saturated heterocycles. The van der Waals surface area contributed by atoms with Crippen LogP contribution in [0.3, 0.4) is 0 Å². The molecule has 0 unspecified atom stereocenters. The summed E-state index contributed by atoms with van der Waals surface area (Å²) in [5.41, 5.74) is 0.647. The van der Waals surface area contributed by atoms with E-state index < -0.39 is 17.5 Å². The van der Waals surface area contributed by atoms with Crippen LogP contribution in [0.1, 0.15) is 47.2 Å². The second kappa shape index (κ2) is 9.91. The van der Waals surface area contributed by atoms with Crippen molar-refractivity contribution in [3.8, 4) is 17.4 Å². The lowest BCUT2D eigenvalue weighted by molar-refractivity contribution is 0.00620.